The highest BCUT2D eigenvalue weighted by atomic mass is 32.9. The van der Waals surface area contributed by atoms with Gasteiger partial charge in [0.1, 0.15) is 11.9 Å². The summed E-state index contributed by atoms with van der Waals surface area (Å²) in [6, 6.07) is 1.38. The molecule has 0 saturated carbocycles. The van der Waals surface area contributed by atoms with Crippen LogP contribution in [0.1, 0.15) is 27.0 Å². The molecule has 176 valence electrons. The summed E-state index contributed by atoms with van der Waals surface area (Å²) in [6.07, 6.45) is -2.97. The molecular weight excluding hydrogens is 485 g/mol. The highest BCUT2D eigenvalue weighted by molar-refractivity contribution is 8.68. The molecule has 32 heavy (non-hydrogen) atoms. The van der Waals surface area contributed by atoms with E-state index in [1.54, 1.807) is 0 Å². The molecule has 2 aliphatic rings. The van der Waals surface area contributed by atoms with Gasteiger partial charge in [0.05, 0.1) is 13.2 Å². The van der Waals surface area contributed by atoms with Gasteiger partial charge in [-0.3, -0.25) is 19.0 Å². The van der Waals surface area contributed by atoms with Crippen molar-refractivity contribution in [2.75, 3.05) is 24.3 Å². The first-order valence-electron chi connectivity index (χ1n) is 9.48. The molecule has 0 radical (unpaired) electrons. The molecule has 1 aromatic heterocycles. The maximum absolute atomic E-state index is 12.6. The van der Waals surface area contributed by atoms with Gasteiger partial charge in [-0.1, -0.05) is 11.4 Å². The number of aromatic nitrogens is 2. The predicted octanol–water partition coefficient (Wildman–Crippen LogP) is 0.967. The second-order valence-corrected chi connectivity index (χ2v) is 13.2. The second-order valence-electron chi connectivity index (χ2n) is 6.81. The second kappa shape index (κ2) is 10.4. The van der Waals surface area contributed by atoms with Gasteiger partial charge in [-0.25, -0.2) is 4.79 Å². The van der Waals surface area contributed by atoms with E-state index in [1.807, 2.05) is 0 Å². The van der Waals surface area contributed by atoms with Crippen LogP contribution in [0.4, 0.5) is 5.82 Å². The minimum Gasteiger partial charge on any atom is -0.456 e. The molecule has 1 aromatic rings. The van der Waals surface area contributed by atoms with Gasteiger partial charge in [0.15, 0.2) is 18.4 Å². The number of ether oxygens (including phenoxy) is 3. The Balaban J connectivity index is 1.90. The average molecular weight is 507 g/mol. The van der Waals surface area contributed by atoms with Crippen LogP contribution in [-0.4, -0.2) is 64.7 Å². The molecule has 2 saturated heterocycles. The summed E-state index contributed by atoms with van der Waals surface area (Å²) in [4.78, 5) is 51.1. The number of hydrogen-bond donors (Lipinski definition) is 1. The van der Waals surface area contributed by atoms with Crippen molar-refractivity contribution < 1.29 is 37.6 Å². The molecule has 0 spiro atoms. The largest absolute Gasteiger partial charge is 0.456 e. The normalized spacial score (nSPS) is 29.5. The number of nitrogens with zero attached hydrogens (tertiary/aromatic N) is 2. The lowest BCUT2D eigenvalue weighted by molar-refractivity contribution is -0.165. The fourth-order valence-corrected chi connectivity index (χ4v) is 7.35. The van der Waals surface area contributed by atoms with Gasteiger partial charge >= 0.3 is 17.6 Å². The Hall–Kier alpha value is -1.83. The third-order valence-corrected chi connectivity index (χ3v) is 9.62. The summed E-state index contributed by atoms with van der Waals surface area (Å²) < 4.78 is 29.0. The summed E-state index contributed by atoms with van der Waals surface area (Å²) in [5.74, 6) is -0.950. The highest BCUT2D eigenvalue weighted by Crippen LogP contribution is 2.64. The monoisotopic (exact) mass is 507 g/mol. The number of carbonyl (C=O) groups is 3. The fraction of sp³-hybridized carbons (Fsp3) is 0.588. The number of hydrogen-bond acceptors (Lipinski definition) is 12. The summed E-state index contributed by atoms with van der Waals surface area (Å²) in [5.41, 5.74) is -3.33. The first-order chi connectivity index (χ1) is 15.1. The van der Waals surface area contributed by atoms with Gasteiger partial charge in [-0.15, -0.1) is 0 Å². The summed E-state index contributed by atoms with van der Waals surface area (Å²) in [5, 5.41) is 2.40. The Morgan fingerprint density at radius 3 is 2.53 bits per heavy atom. The van der Waals surface area contributed by atoms with Gasteiger partial charge in [-0.05, 0) is 17.9 Å². The lowest BCUT2D eigenvalue weighted by Gasteiger charge is -2.24. The van der Waals surface area contributed by atoms with Crippen LogP contribution < -0.4 is 11.0 Å². The minimum absolute atomic E-state index is 0.0467. The van der Waals surface area contributed by atoms with Crippen molar-refractivity contribution in [2.45, 2.75) is 45.3 Å². The molecule has 15 heteroatoms. The van der Waals surface area contributed by atoms with E-state index >= 15 is 0 Å². The smallest absolute Gasteiger partial charge is 0.351 e. The Morgan fingerprint density at radius 2 is 1.97 bits per heavy atom. The highest BCUT2D eigenvalue weighted by Gasteiger charge is 2.51. The quantitative estimate of drug-likeness (QED) is 0.415. The maximum atomic E-state index is 12.6. The van der Waals surface area contributed by atoms with Gasteiger partial charge in [0.25, 0.3) is 0 Å². The van der Waals surface area contributed by atoms with Crippen LogP contribution in [0.15, 0.2) is 17.1 Å². The van der Waals surface area contributed by atoms with Crippen LogP contribution in [0.5, 0.6) is 0 Å². The SMILES string of the molecule is CC(=O)Nc1ccn([C@@H]2O[C@H](COP3(=S)OCCS3)[C@@H](OC(C)=O)[C@H]2OC(C)=O)c(=O)n1. The van der Waals surface area contributed by atoms with Gasteiger partial charge < -0.3 is 28.6 Å². The molecule has 0 bridgehead atoms. The van der Waals surface area contributed by atoms with Gasteiger partial charge in [0.2, 0.25) is 11.6 Å². The van der Waals surface area contributed by atoms with Crippen molar-refractivity contribution in [3.63, 3.8) is 0 Å². The van der Waals surface area contributed by atoms with Crippen molar-refractivity contribution in [3.05, 3.63) is 22.7 Å². The van der Waals surface area contributed by atoms with Crippen molar-refractivity contribution in [2.24, 2.45) is 0 Å². The lowest BCUT2D eigenvalue weighted by Crippen LogP contribution is -2.41. The maximum Gasteiger partial charge on any atom is 0.351 e. The van der Waals surface area contributed by atoms with E-state index in [-0.39, 0.29) is 12.4 Å². The topological polar surface area (TPSA) is 144 Å². The van der Waals surface area contributed by atoms with Crippen LogP contribution in [0.25, 0.3) is 0 Å². The number of esters is 2. The Morgan fingerprint density at radius 1 is 1.28 bits per heavy atom. The Kier molecular flexibility index (Phi) is 8.06. The van der Waals surface area contributed by atoms with E-state index < -0.39 is 53.8 Å². The number of carbonyl (C=O) groups excluding carboxylic acids is 3. The number of rotatable bonds is 7. The molecule has 1 amide bonds. The Labute approximate surface area is 192 Å². The van der Waals surface area contributed by atoms with E-state index in [0.717, 1.165) is 4.57 Å². The third-order valence-electron chi connectivity index (χ3n) is 4.28. The summed E-state index contributed by atoms with van der Waals surface area (Å²) >= 11 is 6.79. The summed E-state index contributed by atoms with van der Waals surface area (Å²) in [6.45, 7) is 4.02. The lowest BCUT2D eigenvalue weighted by atomic mass is 10.1. The molecule has 0 aliphatic carbocycles. The molecule has 3 heterocycles. The van der Waals surface area contributed by atoms with Crippen molar-refractivity contribution in [3.8, 4) is 0 Å². The molecular formula is C17H22N3O9PS2. The molecule has 2 aliphatic heterocycles. The standard InChI is InChI=1S/C17H22N3O9PS2/c1-9(21)18-13-4-5-20(17(24)19-13)16-15(28-11(3)23)14(27-10(2)22)12(29-16)8-26-30(31)25-6-7-32-30/h4-5,12,14-16H,6-8H2,1-3H3,(H,18,19,21,24)/t12-,14-,15-,16-,30?/m1/s1. The van der Waals surface area contributed by atoms with Gasteiger partial charge in [-0.2, -0.15) is 4.98 Å². The van der Waals surface area contributed by atoms with E-state index in [9.17, 15) is 19.2 Å². The Bertz CT molecular complexity index is 994. The zero-order valence-electron chi connectivity index (χ0n) is 17.4. The molecule has 1 unspecified atom stereocenters. The zero-order valence-corrected chi connectivity index (χ0v) is 19.9. The number of nitrogens with one attached hydrogen (secondary N) is 1. The minimum atomic E-state index is -2.55. The van der Waals surface area contributed by atoms with Crippen molar-refractivity contribution in [1.82, 2.24) is 9.55 Å². The van der Waals surface area contributed by atoms with E-state index in [1.165, 1.54) is 44.4 Å². The van der Waals surface area contributed by atoms with Crippen LogP contribution >= 0.6 is 17.1 Å². The molecule has 3 rings (SSSR count). The molecule has 1 N–H and O–H groups in total. The van der Waals surface area contributed by atoms with E-state index in [0.29, 0.717) is 12.4 Å². The van der Waals surface area contributed by atoms with Crippen LogP contribution in [0, 0.1) is 0 Å². The van der Waals surface area contributed by atoms with Gasteiger partial charge in [0, 0.05) is 32.7 Å². The summed E-state index contributed by atoms with van der Waals surface area (Å²) in [7, 11) is 0. The molecule has 5 atom stereocenters. The predicted molar refractivity (Wildman–Crippen MR) is 116 cm³/mol. The number of amides is 1. The van der Waals surface area contributed by atoms with Crippen LogP contribution in [-0.2, 0) is 49.4 Å². The zero-order chi connectivity index (χ0) is 23.5. The first kappa shape index (κ1) is 24.8. The van der Waals surface area contributed by atoms with Crippen LogP contribution in [0.3, 0.4) is 0 Å². The fourth-order valence-electron chi connectivity index (χ4n) is 3.15. The van der Waals surface area contributed by atoms with Crippen LogP contribution in [0.2, 0.25) is 0 Å². The van der Waals surface area contributed by atoms with E-state index in [2.05, 4.69) is 10.3 Å². The third kappa shape index (κ3) is 6.15. The average Bonchev–Trinajstić information content (AvgIpc) is 3.24. The van der Waals surface area contributed by atoms with E-state index in [4.69, 9.17) is 35.1 Å². The van der Waals surface area contributed by atoms with Crippen molar-refractivity contribution >= 4 is 52.5 Å². The molecule has 0 aromatic carbocycles. The molecule has 12 nitrogen and oxygen atoms in total. The number of anilines is 1. The molecule has 2 fully saturated rings. The first-order valence-corrected chi connectivity index (χ1v) is 13.7. The van der Waals surface area contributed by atoms with Crippen molar-refractivity contribution in [1.29, 1.82) is 0 Å².